The Balaban J connectivity index is 1.93. The van der Waals surface area contributed by atoms with Crippen LogP contribution < -0.4 is 15.7 Å². The number of benzene rings is 2. The number of carbonyl (C=O) groups excluding carboxylic acids is 1. The van der Waals surface area contributed by atoms with Gasteiger partial charge in [-0.05, 0) is 49.2 Å². The van der Waals surface area contributed by atoms with Crippen molar-refractivity contribution >= 4 is 22.6 Å². The Bertz CT molecular complexity index is 1100. The van der Waals surface area contributed by atoms with E-state index in [0.29, 0.717) is 28.8 Å². The van der Waals surface area contributed by atoms with E-state index in [-0.39, 0.29) is 5.56 Å². The smallest absolute Gasteiger partial charge is 0.349 e. The Kier molecular flexibility index (Phi) is 6.07. The van der Waals surface area contributed by atoms with E-state index in [1.165, 1.54) is 6.07 Å². The molecule has 0 saturated carbocycles. The summed E-state index contributed by atoms with van der Waals surface area (Å²) in [6, 6.07) is 11.3. The number of methoxy groups -OCH3 is 1. The fourth-order valence-electron chi connectivity index (χ4n) is 3.16. The summed E-state index contributed by atoms with van der Waals surface area (Å²) in [5.41, 5.74) is 1.68. The summed E-state index contributed by atoms with van der Waals surface area (Å²) >= 11 is 0. The van der Waals surface area contributed by atoms with Crippen LogP contribution in [0.4, 0.5) is 5.69 Å². The summed E-state index contributed by atoms with van der Waals surface area (Å²) in [6.07, 6.45) is 1.55. The van der Waals surface area contributed by atoms with E-state index < -0.39 is 17.6 Å². The van der Waals surface area contributed by atoms with Crippen molar-refractivity contribution in [3.05, 3.63) is 74.5 Å². The van der Waals surface area contributed by atoms with Crippen molar-refractivity contribution in [2.45, 2.75) is 32.7 Å². The number of rotatable bonds is 7. The molecule has 1 amide bonds. The quantitative estimate of drug-likeness (QED) is 0.457. The molecule has 0 spiro atoms. The first-order valence-corrected chi connectivity index (χ1v) is 9.36. The first-order chi connectivity index (χ1) is 14.0. The minimum absolute atomic E-state index is 0.0860. The van der Waals surface area contributed by atoms with Crippen molar-refractivity contribution in [1.29, 1.82) is 0 Å². The molecule has 1 atom stereocenters. The number of anilines is 1. The number of nitroso groups, excluding NO2 is 1. The minimum Gasteiger partial charge on any atom is -0.496 e. The average Bonchev–Trinajstić information content (AvgIpc) is 2.73. The highest BCUT2D eigenvalue weighted by Crippen LogP contribution is 2.29. The molecule has 0 aliphatic heterocycles. The average molecular weight is 394 g/mol. The number of aryl methyl sites for hydroxylation is 1. The van der Waals surface area contributed by atoms with Crippen LogP contribution >= 0.6 is 0 Å². The summed E-state index contributed by atoms with van der Waals surface area (Å²) in [5.74, 6) is 0.0849. The third-order valence-electron chi connectivity index (χ3n) is 4.74. The van der Waals surface area contributed by atoms with Gasteiger partial charge in [-0.15, -0.1) is 0 Å². The number of nitrogens with zero attached hydrogens (tertiary/aromatic N) is 1. The van der Waals surface area contributed by atoms with Crippen molar-refractivity contribution in [2.24, 2.45) is 5.18 Å². The Morgan fingerprint density at radius 3 is 2.55 bits per heavy atom. The second-order valence-corrected chi connectivity index (χ2v) is 6.72. The van der Waals surface area contributed by atoms with E-state index in [4.69, 9.17) is 9.15 Å². The maximum Gasteiger partial charge on any atom is 0.349 e. The van der Waals surface area contributed by atoms with Crippen molar-refractivity contribution in [2.75, 3.05) is 12.4 Å². The van der Waals surface area contributed by atoms with Gasteiger partial charge in [0.2, 0.25) is 0 Å². The second-order valence-electron chi connectivity index (χ2n) is 6.72. The van der Waals surface area contributed by atoms with Crippen LogP contribution in [0.5, 0.6) is 5.75 Å². The molecule has 0 saturated heterocycles. The first-order valence-electron chi connectivity index (χ1n) is 9.36. The summed E-state index contributed by atoms with van der Waals surface area (Å²) in [4.78, 5) is 35.7. The molecule has 29 heavy (non-hydrogen) atoms. The van der Waals surface area contributed by atoms with Crippen LogP contribution in [-0.4, -0.2) is 13.0 Å². The zero-order valence-electron chi connectivity index (χ0n) is 16.5. The van der Waals surface area contributed by atoms with Gasteiger partial charge in [0.1, 0.15) is 22.9 Å². The Hall–Kier alpha value is -3.48. The van der Waals surface area contributed by atoms with Crippen LogP contribution in [0.2, 0.25) is 0 Å². The van der Waals surface area contributed by atoms with Crippen molar-refractivity contribution in [1.82, 2.24) is 0 Å². The van der Waals surface area contributed by atoms with Gasteiger partial charge in [0.25, 0.3) is 5.91 Å². The lowest BCUT2D eigenvalue weighted by Crippen LogP contribution is -2.20. The number of carbonyl (C=O) groups is 1. The number of hydrogen-bond donors (Lipinski definition) is 1. The SMILES string of the molecule is CCCc1c(OC)ccc2cc(C(=O)Nc3ccc(C(C)N=O)cc3)c(=O)oc12. The zero-order valence-corrected chi connectivity index (χ0v) is 16.5. The first kappa shape index (κ1) is 20.3. The van der Waals surface area contributed by atoms with Crippen LogP contribution in [0.3, 0.4) is 0 Å². The van der Waals surface area contributed by atoms with E-state index in [1.807, 2.05) is 6.92 Å². The largest absolute Gasteiger partial charge is 0.496 e. The third-order valence-corrected chi connectivity index (χ3v) is 4.74. The number of amides is 1. The molecule has 0 aliphatic carbocycles. The molecule has 1 heterocycles. The molecule has 7 heteroatoms. The van der Waals surface area contributed by atoms with Crippen LogP contribution in [-0.2, 0) is 6.42 Å². The molecular weight excluding hydrogens is 372 g/mol. The number of ether oxygens (including phenoxy) is 1. The molecule has 1 unspecified atom stereocenters. The number of fused-ring (bicyclic) bond motifs is 1. The summed E-state index contributed by atoms with van der Waals surface area (Å²) in [6.45, 7) is 3.71. The van der Waals surface area contributed by atoms with Gasteiger partial charge in [-0.2, -0.15) is 4.91 Å². The van der Waals surface area contributed by atoms with Gasteiger partial charge in [0.15, 0.2) is 0 Å². The topological polar surface area (TPSA) is 98.0 Å². The van der Waals surface area contributed by atoms with Crippen molar-refractivity contribution < 1.29 is 13.9 Å². The molecule has 150 valence electrons. The molecule has 0 fully saturated rings. The highest BCUT2D eigenvalue weighted by molar-refractivity contribution is 6.05. The Morgan fingerprint density at radius 2 is 1.93 bits per heavy atom. The van der Waals surface area contributed by atoms with Crippen LogP contribution in [0.1, 0.15) is 47.8 Å². The monoisotopic (exact) mass is 394 g/mol. The maximum absolute atomic E-state index is 12.6. The summed E-state index contributed by atoms with van der Waals surface area (Å²) in [7, 11) is 1.57. The highest BCUT2D eigenvalue weighted by atomic mass is 16.5. The fraction of sp³-hybridized carbons (Fsp3) is 0.273. The molecule has 3 aromatic rings. The Morgan fingerprint density at radius 1 is 1.21 bits per heavy atom. The van der Waals surface area contributed by atoms with Gasteiger partial charge < -0.3 is 14.5 Å². The molecule has 3 rings (SSSR count). The highest BCUT2D eigenvalue weighted by Gasteiger charge is 2.17. The zero-order chi connectivity index (χ0) is 21.0. The lowest BCUT2D eigenvalue weighted by Gasteiger charge is -2.11. The molecule has 0 radical (unpaired) electrons. The normalized spacial score (nSPS) is 11.8. The van der Waals surface area contributed by atoms with E-state index in [9.17, 15) is 14.5 Å². The lowest BCUT2D eigenvalue weighted by atomic mass is 10.0. The second kappa shape index (κ2) is 8.68. The maximum atomic E-state index is 12.6. The Labute approximate surface area is 167 Å². The van der Waals surface area contributed by atoms with Crippen molar-refractivity contribution in [3.63, 3.8) is 0 Å². The molecule has 1 aromatic heterocycles. The van der Waals surface area contributed by atoms with Gasteiger partial charge in [-0.1, -0.05) is 30.7 Å². The van der Waals surface area contributed by atoms with Gasteiger partial charge in [-0.25, -0.2) is 4.79 Å². The van der Waals surface area contributed by atoms with E-state index >= 15 is 0 Å². The molecule has 2 aromatic carbocycles. The predicted molar refractivity (Wildman–Crippen MR) is 112 cm³/mol. The van der Waals surface area contributed by atoms with Crippen LogP contribution in [0.25, 0.3) is 11.0 Å². The predicted octanol–water partition coefficient (Wildman–Crippen LogP) is 4.83. The van der Waals surface area contributed by atoms with Crippen LogP contribution in [0.15, 0.2) is 56.9 Å². The molecule has 0 bridgehead atoms. The number of hydrogen-bond acceptors (Lipinski definition) is 6. The summed E-state index contributed by atoms with van der Waals surface area (Å²) in [5, 5.41) is 6.30. The summed E-state index contributed by atoms with van der Waals surface area (Å²) < 4.78 is 10.9. The van der Waals surface area contributed by atoms with E-state index in [2.05, 4.69) is 10.5 Å². The molecular formula is C22H22N2O5. The van der Waals surface area contributed by atoms with Gasteiger partial charge >= 0.3 is 5.63 Å². The fourth-order valence-corrected chi connectivity index (χ4v) is 3.16. The van der Waals surface area contributed by atoms with Gasteiger partial charge in [-0.3, -0.25) is 4.79 Å². The standard InChI is InChI=1S/C22H22N2O5/c1-4-5-17-19(28-3)11-8-15-12-18(22(26)29-20(15)17)21(25)23-16-9-6-14(7-10-16)13(2)24-27/h6-13H,4-5H2,1-3H3,(H,23,25). The molecule has 1 N–H and O–H groups in total. The lowest BCUT2D eigenvalue weighted by molar-refractivity contribution is 0.102. The molecule has 0 aliphatic rings. The van der Waals surface area contributed by atoms with Crippen LogP contribution in [0, 0.1) is 4.91 Å². The van der Waals surface area contributed by atoms with Crippen molar-refractivity contribution in [3.8, 4) is 5.75 Å². The van der Waals surface area contributed by atoms with E-state index in [0.717, 1.165) is 17.5 Å². The van der Waals surface area contributed by atoms with E-state index in [1.54, 1.807) is 50.4 Å². The third kappa shape index (κ3) is 4.18. The van der Waals surface area contributed by atoms with Gasteiger partial charge in [0.05, 0.1) is 7.11 Å². The number of nitrogens with one attached hydrogen (secondary N) is 1. The van der Waals surface area contributed by atoms with Gasteiger partial charge in [0, 0.05) is 16.6 Å². The minimum atomic E-state index is -0.712. The molecule has 7 nitrogen and oxygen atoms in total.